The van der Waals surface area contributed by atoms with Gasteiger partial charge in [0.2, 0.25) is 0 Å². The molecule has 0 radical (unpaired) electrons. The largest absolute Gasteiger partial charge is 0.311 e. The highest BCUT2D eigenvalue weighted by molar-refractivity contribution is 7.80. The van der Waals surface area contributed by atoms with Crippen molar-refractivity contribution in [2.75, 3.05) is 12.3 Å². The minimum absolute atomic E-state index is 0.237. The molecule has 0 spiro atoms. The third-order valence-corrected chi connectivity index (χ3v) is 1.91. The lowest BCUT2D eigenvalue weighted by Crippen LogP contribution is -2.43. The molecule has 0 aliphatic carbocycles. The van der Waals surface area contributed by atoms with Crippen molar-refractivity contribution in [2.45, 2.75) is 46.6 Å². The van der Waals surface area contributed by atoms with Crippen LogP contribution in [0.4, 0.5) is 0 Å². The van der Waals surface area contributed by atoms with Crippen LogP contribution in [0.2, 0.25) is 0 Å². The minimum atomic E-state index is 0.237. The van der Waals surface area contributed by atoms with Crippen molar-refractivity contribution in [1.29, 1.82) is 0 Å². The minimum Gasteiger partial charge on any atom is -0.311 e. The summed E-state index contributed by atoms with van der Waals surface area (Å²) in [7, 11) is 0. The van der Waals surface area contributed by atoms with Gasteiger partial charge in [0.15, 0.2) is 0 Å². The third-order valence-electron chi connectivity index (χ3n) is 1.69. The molecule has 0 aromatic carbocycles. The van der Waals surface area contributed by atoms with Crippen molar-refractivity contribution in [2.24, 2.45) is 5.41 Å². The molecule has 0 aliphatic heterocycles. The molecule has 0 aromatic heterocycles. The Morgan fingerprint density at radius 3 is 1.92 bits per heavy atom. The molecule has 74 valence electrons. The van der Waals surface area contributed by atoms with Gasteiger partial charge >= 0.3 is 0 Å². The molecule has 12 heavy (non-hydrogen) atoms. The van der Waals surface area contributed by atoms with Gasteiger partial charge in [-0.05, 0) is 25.7 Å². The van der Waals surface area contributed by atoms with E-state index in [9.17, 15) is 0 Å². The summed E-state index contributed by atoms with van der Waals surface area (Å²) in [5.74, 6) is 0.910. The van der Waals surface area contributed by atoms with E-state index in [4.69, 9.17) is 0 Å². The number of hydrogen-bond acceptors (Lipinski definition) is 2. The Morgan fingerprint density at radius 1 is 1.08 bits per heavy atom. The summed E-state index contributed by atoms with van der Waals surface area (Å²) in [5, 5.41) is 3.49. The molecule has 0 saturated carbocycles. The van der Waals surface area contributed by atoms with E-state index in [0.717, 1.165) is 12.3 Å². The third kappa shape index (κ3) is 6.99. The van der Waals surface area contributed by atoms with Crippen LogP contribution in [0, 0.1) is 5.41 Å². The van der Waals surface area contributed by atoms with Crippen molar-refractivity contribution >= 4 is 12.6 Å². The number of nitrogens with one attached hydrogen (secondary N) is 1. The van der Waals surface area contributed by atoms with E-state index in [1.165, 1.54) is 6.42 Å². The second-order valence-corrected chi connectivity index (χ2v) is 5.72. The zero-order valence-electron chi connectivity index (χ0n) is 9.07. The van der Waals surface area contributed by atoms with Gasteiger partial charge in [0.1, 0.15) is 0 Å². The molecule has 0 bridgehead atoms. The highest BCUT2D eigenvalue weighted by Crippen LogP contribution is 2.26. The van der Waals surface area contributed by atoms with E-state index in [0.29, 0.717) is 5.41 Å². The lowest BCUT2D eigenvalue weighted by Gasteiger charge is -2.33. The Bertz CT molecular complexity index is 124. The molecule has 0 aliphatic rings. The van der Waals surface area contributed by atoms with Crippen LogP contribution < -0.4 is 5.32 Å². The average molecular weight is 189 g/mol. The molecule has 0 amide bonds. The molecule has 0 aromatic rings. The SMILES string of the molecule is CC(C)(C)CC(C)(C)NCCS. The van der Waals surface area contributed by atoms with Crippen LogP contribution in [-0.2, 0) is 0 Å². The second kappa shape index (κ2) is 4.52. The molecule has 0 unspecified atom stereocenters. The fourth-order valence-electron chi connectivity index (χ4n) is 1.78. The van der Waals surface area contributed by atoms with Gasteiger partial charge in [-0.3, -0.25) is 0 Å². The molecular formula is C10H23NS. The van der Waals surface area contributed by atoms with E-state index in [1.54, 1.807) is 0 Å². The van der Waals surface area contributed by atoms with Gasteiger partial charge in [0, 0.05) is 17.8 Å². The van der Waals surface area contributed by atoms with E-state index >= 15 is 0 Å². The van der Waals surface area contributed by atoms with Crippen LogP contribution >= 0.6 is 12.6 Å². The van der Waals surface area contributed by atoms with Crippen LogP contribution in [0.25, 0.3) is 0 Å². The summed E-state index contributed by atoms with van der Waals surface area (Å²) in [5.41, 5.74) is 0.633. The molecule has 1 nitrogen and oxygen atoms in total. The Labute approximate surface area is 82.7 Å². The number of thiol groups is 1. The average Bonchev–Trinajstić information content (AvgIpc) is 1.78. The highest BCUT2D eigenvalue weighted by Gasteiger charge is 2.24. The van der Waals surface area contributed by atoms with Crippen LogP contribution in [0.15, 0.2) is 0 Å². The first-order chi connectivity index (χ1) is 5.27. The van der Waals surface area contributed by atoms with Crippen LogP contribution in [0.1, 0.15) is 41.0 Å². The van der Waals surface area contributed by atoms with Crippen molar-refractivity contribution in [3.05, 3.63) is 0 Å². The fourth-order valence-corrected chi connectivity index (χ4v) is 1.89. The molecular weight excluding hydrogens is 166 g/mol. The van der Waals surface area contributed by atoms with Gasteiger partial charge in [-0.1, -0.05) is 20.8 Å². The van der Waals surface area contributed by atoms with E-state index in [2.05, 4.69) is 52.6 Å². The molecule has 0 atom stereocenters. The Kier molecular flexibility index (Phi) is 4.64. The van der Waals surface area contributed by atoms with Gasteiger partial charge in [0.25, 0.3) is 0 Å². The van der Waals surface area contributed by atoms with Crippen LogP contribution in [-0.4, -0.2) is 17.8 Å². The van der Waals surface area contributed by atoms with E-state index in [-0.39, 0.29) is 5.54 Å². The zero-order chi connectivity index (χ0) is 9.83. The normalized spacial score (nSPS) is 13.5. The highest BCUT2D eigenvalue weighted by atomic mass is 32.1. The van der Waals surface area contributed by atoms with Gasteiger partial charge in [-0.25, -0.2) is 0 Å². The monoisotopic (exact) mass is 189 g/mol. The van der Waals surface area contributed by atoms with Gasteiger partial charge in [-0.15, -0.1) is 0 Å². The predicted molar refractivity (Wildman–Crippen MR) is 60.0 cm³/mol. The summed E-state index contributed by atoms with van der Waals surface area (Å²) in [6.07, 6.45) is 1.19. The Hall–Kier alpha value is 0.310. The number of hydrogen-bond donors (Lipinski definition) is 2. The summed E-state index contributed by atoms with van der Waals surface area (Å²) < 4.78 is 0. The van der Waals surface area contributed by atoms with Crippen molar-refractivity contribution in [3.8, 4) is 0 Å². The molecule has 0 fully saturated rings. The Balaban J connectivity index is 3.86. The first kappa shape index (κ1) is 12.3. The molecule has 0 heterocycles. The summed E-state index contributed by atoms with van der Waals surface area (Å²) in [4.78, 5) is 0. The first-order valence-electron chi connectivity index (χ1n) is 4.63. The topological polar surface area (TPSA) is 12.0 Å². The van der Waals surface area contributed by atoms with Crippen LogP contribution in [0.3, 0.4) is 0 Å². The van der Waals surface area contributed by atoms with Gasteiger partial charge in [0.05, 0.1) is 0 Å². The quantitative estimate of drug-likeness (QED) is 0.648. The zero-order valence-corrected chi connectivity index (χ0v) is 9.96. The summed E-state index contributed by atoms with van der Waals surface area (Å²) in [6, 6.07) is 0. The van der Waals surface area contributed by atoms with Crippen molar-refractivity contribution in [3.63, 3.8) is 0 Å². The fraction of sp³-hybridized carbons (Fsp3) is 1.00. The lowest BCUT2D eigenvalue weighted by molar-refractivity contribution is 0.246. The molecule has 1 N–H and O–H groups in total. The number of rotatable bonds is 4. The maximum absolute atomic E-state index is 4.18. The van der Waals surface area contributed by atoms with E-state index < -0.39 is 0 Å². The van der Waals surface area contributed by atoms with Crippen molar-refractivity contribution in [1.82, 2.24) is 5.32 Å². The molecule has 2 heteroatoms. The molecule has 0 rings (SSSR count). The lowest BCUT2D eigenvalue weighted by atomic mass is 9.82. The smallest absolute Gasteiger partial charge is 0.0130 e. The maximum atomic E-state index is 4.18. The first-order valence-corrected chi connectivity index (χ1v) is 5.26. The maximum Gasteiger partial charge on any atom is 0.0130 e. The van der Waals surface area contributed by atoms with Crippen LogP contribution in [0.5, 0.6) is 0 Å². The second-order valence-electron chi connectivity index (χ2n) is 5.27. The summed E-state index contributed by atoms with van der Waals surface area (Å²) >= 11 is 4.18. The van der Waals surface area contributed by atoms with Gasteiger partial charge in [-0.2, -0.15) is 12.6 Å². The standard InChI is InChI=1S/C10H23NS/c1-9(2,3)8-10(4,5)11-6-7-12/h11-12H,6-8H2,1-5H3. The van der Waals surface area contributed by atoms with Crippen molar-refractivity contribution < 1.29 is 0 Å². The van der Waals surface area contributed by atoms with E-state index in [1.807, 2.05) is 0 Å². The summed E-state index contributed by atoms with van der Waals surface area (Å²) in [6.45, 7) is 12.3. The Morgan fingerprint density at radius 2 is 1.58 bits per heavy atom. The molecule has 0 saturated heterocycles. The van der Waals surface area contributed by atoms with Gasteiger partial charge < -0.3 is 5.32 Å². The predicted octanol–water partition coefficient (Wildman–Crippen LogP) is 2.72.